The Labute approximate surface area is 117 Å². The van der Waals surface area contributed by atoms with E-state index in [4.69, 9.17) is 0 Å². The van der Waals surface area contributed by atoms with Crippen molar-refractivity contribution < 1.29 is 9.18 Å². The van der Waals surface area contributed by atoms with Crippen molar-refractivity contribution in [2.75, 3.05) is 0 Å². The van der Waals surface area contributed by atoms with E-state index in [-0.39, 0.29) is 5.56 Å². The minimum Gasteiger partial charge on any atom is -0.267 e. The SMILES string of the molecule is CC(=NNC(=O)c1ccccc1F)c1cccc(C)c1. The Kier molecular flexibility index (Phi) is 4.25. The predicted octanol–water partition coefficient (Wildman–Crippen LogP) is 3.29. The number of carbonyl (C=O) groups is 1. The lowest BCUT2D eigenvalue weighted by Crippen LogP contribution is -2.20. The first-order valence-electron chi connectivity index (χ1n) is 6.24. The molecular formula is C16H15FN2O. The van der Waals surface area contributed by atoms with E-state index in [9.17, 15) is 9.18 Å². The van der Waals surface area contributed by atoms with Crippen LogP contribution in [0.5, 0.6) is 0 Å². The van der Waals surface area contributed by atoms with E-state index in [1.54, 1.807) is 13.0 Å². The van der Waals surface area contributed by atoms with Gasteiger partial charge in [-0.15, -0.1) is 0 Å². The van der Waals surface area contributed by atoms with Gasteiger partial charge in [-0.1, -0.05) is 42.0 Å². The second-order valence-corrected chi connectivity index (χ2v) is 4.49. The van der Waals surface area contributed by atoms with Crippen LogP contribution < -0.4 is 5.43 Å². The summed E-state index contributed by atoms with van der Waals surface area (Å²) in [7, 11) is 0. The number of nitrogens with zero attached hydrogens (tertiary/aromatic N) is 1. The van der Waals surface area contributed by atoms with Gasteiger partial charge in [0.25, 0.3) is 5.91 Å². The third-order valence-corrected chi connectivity index (χ3v) is 2.88. The normalized spacial score (nSPS) is 11.2. The van der Waals surface area contributed by atoms with Crippen LogP contribution in [-0.4, -0.2) is 11.6 Å². The van der Waals surface area contributed by atoms with Gasteiger partial charge in [-0.25, -0.2) is 9.82 Å². The maximum atomic E-state index is 13.4. The van der Waals surface area contributed by atoms with Gasteiger partial charge in [-0.2, -0.15) is 5.10 Å². The van der Waals surface area contributed by atoms with Gasteiger partial charge in [-0.3, -0.25) is 4.79 Å². The molecule has 102 valence electrons. The molecule has 0 saturated heterocycles. The van der Waals surface area contributed by atoms with Gasteiger partial charge < -0.3 is 0 Å². The quantitative estimate of drug-likeness (QED) is 0.675. The third kappa shape index (κ3) is 3.29. The highest BCUT2D eigenvalue weighted by atomic mass is 19.1. The van der Waals surface area contributed by atoms with E-state index >= 15 is 0 Å². The fourth-order valence-corrected chi connectivity index (χ4v) is 1.77. The summed E-state index contributed by atoms with van der Waals surface area (Å²) < 4.78 is 13.4. The molecule has 0 aliphatic carbocycles. The Morgan fingerprint density at radius 1 is 1.15 bits per heavy atom. The number of hydrogen-bond donors (Lipinski definition) is 1. The van der Waals surface area contributed by atoms with Crippen LogP contribution in [0.1, 0.15) is 28.4 Å². The first-order valence-corrected chi connectivity index (χ1v) is 6.24. The first-order chi connectivity index (χ1) is 9.58. The molecule has 2 aromatic carbocycles. The fraction of sp³-hybridized carbons (Fsp3) is 0.125. The number of hydrogen-bond acceptors (Lipinski definition) is 2. The molecule has 1 amide bonds. The van der Waals surface area contributed by atoms with Gasteiger partial charge in [0.15, 0.2) is 0 Å². The molecule has 1 N–H and O–H groups in total. The summed E-state index contributed by atoms with van der Waals surface area (Å²) in [4.78, 5) is 11.8. The average Bonchev–Trinajstić information content (AvgIpc) is 2.45. The third-order valence-electron chi connectivity index (χ3n) is 2.88. The minimum atomic E-state index is -0.562. The highest BCUT2D eigenvalue weighted by Crippen LogP contribution is 2.07. The number of carbonyl (C=O) groups excluding carboxylic acids is 1. The van der Waals surface area contributed by atoms with E-state index < -0.39 is 11.7 Å². The van der Waals surface area contributed by atoms with Crippen molar-refractivity contribution in [1.29, 1.82) is 0 Å². The largest absolute Gasteiger partial charge is 0.274 e. The second kappa shape index (κ2) is 6.10. The molecule has 0 bridgehead atoms. The van der Waals surface area contributed by atoms with Crippen LogP contribution >= 0.6 is 0 Å². The monoisotopic (exact) mass is 270 g/mol. The Morgan fingerprint density at radius 3 is 2.60 bits per heavy atom. The number of halogens is 1. The Bertz CT molecular complexity index is 665. The van der Waals surface area contributed by atoms with Crippen molar-refractivity contribution in [2.24, 2.45) is 5.10 Å². The zero-order valence-electron chi connectivity index (χ0n) is 11.4. The molecule has 0 aromatic heterocycles. The van der Waals surface area contributed by atoms with E-state index in [0.29, 0.717) is 5.71 Å². The molecule has 20 heavy (non-hydrogen) atoms. The van der Waals surface area contributed by atoms with Crippen LogP contribution in [0.4, 0.5) is 4.39 Å². The summed E-state index contributed by atoms with van der Waals surface area (Å²) in [6, 6.07) is 13.6. The molecule has 2 aromatic rings. The van der Waals surface area contributed by atoms with E-state index in [2.05, 4.69) is 10.5 Å². The summed E-state index contributed by atoms with van der Waals surface area (Å²) in [5, 5.41) is 4.00. The molecular weight excluding hydrogens is 255 g/mol. The first kappa shape index (κ1) is 13.9. The maximum Gasteiger partial charge on any atom is 0.274 e. The van der Waals surface area contributed by atoms with Crippen molar-refractivity contribution in [3.8, 4) is 0 Å². The fourth-order valence-electron chi connectivity index (χ4n) is 1.77. The smallest absolute Gasteiger partial charge is 0.267 e. The molecule has 3 nitrogen and oxygen atoms in total. The van der Waals surface area contributed by atoms with Crippen LogP contribution in [-0.2, 0) is 0 Å². The zero-order valence-corrected chi connectivity index (χ0v) is 11.4. The number of benzene rings is 2. The highest BCUT2D eigenvalue weighted by molar-refractivity contribution is 6.01. The van der Waals surface area contributed by atoms with Crippen LogP contribution in [0.25, 0.3) is 0 Å². The molecule has 0 heterocycles. The van der Waals surface area contributed by atoms with Crippen molar-refractivity contribution in [1.82, 2.24) is 5.43 Å². The van der Waals surface area contributed by atoms with Gasteiger partial charge in [-0.05, 0) is 31.5 Å². The van der Waals surface area contributed by atoms with Crippen LogP contribution in [0.2, 0.25) is 0 Å². The zero-order chi connectivity index (χ0) is 14.5. The maximum absolute atomic E-state index is 13.4. The van der Waals surface area contributed by atoms with Crippen LogP contribution in [0, 0.1) is 12.7 Å². The standard InChI is InChI=1S/C16H15FN2O/c1-11-6-5-7-13(10-11)12(2)18-19-16(20)14-8-3-4-9-15(14)17/h3-10H,1-2H3,(H,19,20). The minimum absolute atomic E-state index is 0.0201. The van der Waals surface area contributed by atoms with E-state index in [0.717, 1.165) is 11.1 Å². The van der Waals surface area contributed by atoms with Crippen molar-refractivity contribution in [2.45, 2.75) is 13.8 Å². The van der Waals surface area contributed by atoms with Gasteiger partial charge in [0.2, 0.25) is 0 Å². The van der Waals surface area contributed by atoms with E-state index in [1.807, 2.05) is 31.2 Å². The Balaban J connectivity index is 2.13. The second-order valence-electron chi connectivity index (χ2n) is 4.49. The Morgan fingerprint density at radius 2 is 1.90 bits per heavy atom. The molecule has 4 heteroatoms. The Hall–Kier alpha value is -2.49. The number of hydrazone groups is 1. The molecule has 0 fully saturated rings. The lowest BCUT2D eigenvalue weighted by molar-refractivity contribution is 0.0951. The number of nitrogens with one attached hydrogen (secondary N) is 1. The number of rotatable bonds is 3. The molecule has 0 unspecified atom stereocenters. The average molecular weight is 270 g/mol. The van der Waals surface area contributed by atoms with Gasteiger partial charge >= 0.3 is 0 Å². The molecule has 2 rings (SSSR count). The molecule has 0 aliphatic heterocycles. The van der Waals surface area contributed by atoms with Crippen LogP contribution in [0.3, 0.4) is 0 Å². The van der Waals surface area contributed by atoms with Crippen molar-refractivity contribution in [3.05, 3.63) is 71.0 Å². The lowest BCUT2D eigenvalue weighted by Gasteiger charge is -2.04. The molecule has 0 atom stereocenters. The highest BCUT2D eigenvalue weighted by Gasteiger charge is 2.09. The number of amides is 1. The molecule has 0 aliphatic rings. The summed E-state index contributed by atoms with van der Waals surface area (Å²) in [6.45, 7) is 3.77. The lowest BCUT2D eigenvalue weighted by atomic mass is 10.1. The van der Waals surface area contributed by atoms with Gasteiger partial charge in [0.05, 0.1) is 11.3 Å². The summed E-state index contributed by atoms with van der Waals surface area (Å²) in [5.74, 6) is -1.12. The summed E-state index contributed by atoms with van der Waals surface area (Å²) in [6.07, 6.45) is 0. The van der Waals surface area contributed by atoms with E-state index in [1.165, 1.54) is 18.2 Å². The summed E-state index contributed by atoms with van der Waals surface area (Å²) in [5.41, 5.74) is 5.04. The molecule has 0 radical (unpaired) electrons. The molecule has 0 spiro atoms. The number of aryl methyl sites for hydroxylation is 1. The van der Waals surface area contributed by atoms with Crippen molar-refractivity contribution >= 4 is 11.6 Å². The summed E-state index contributed by atoms with van der Waals surface area (Å²) >= 11 is 0. The van der Waals surface area contributed by atoms with Gasteiger partial charge in [0, 0.05) is 0 Å². The molecule has 0 saturated carbocycles. The van der Waals surface area contributed by atoms with Crippen molar-refractivity contribution in [3.63, 3.8) is 0 Å². The van der Waals surface area contributed by atoms with Gasteiger partial charge in [0.1, 0.15) is 5.82 Å². The predicted molar refractivity (Wildman–Crippen MR) is 77.3 cm³/mol. The topological polar surface area (TPSA) is 41.5 Å². The van der Waals surface area contributed by atoms with Crippen LogP contribution in [0.15, 0.2) is 53.6 Å².